The van der Waals surface area contributed by atoms with Crippen LogP contribution in [0.4, 0.5) is 0 Å². The normalized spacial score (nSPS) is 42.8. The van der Waals surface area contributed by atoms with Gasteiger partial charge >= 0.3 is 0 Å². The zero-order chi connectivity index (χ0) is 25.0. The summed E-state index contributed by atoms with van der Waals surface area (Å²) in [6.07, 6.45) is 15.5. The quantitative estimate of drug-likeness (QED) is 0.546. The largest absolute Gasteiger partial charge is 0.493 e. The Kier molecular flexibility index (Phi) is 5.17. The number of hydrogen-bond donors (Lipinski definition) is 1. The molecule has 0 radical (unpaired) electrons. The third kappa shape index (κ3) is 2.92. The van der Waals surface area contributed by atoms with Gasteiger partial charge in [-0.25, -0.2) is 0 Å². The smallest absolute Gasteiger partial charge is 0.165 e. The Labute approximate surface area is 222 Å². The summed E-state index contributed by atoms with van der Waals surface area (Å²) < 4.78 is 19.7. The van der Waals surface area contributed by atoms with Crippen LogP contribution in [0.1, 0.15) is 88.2 Å². The minimum Gasteiger partial charge on any atom is -0.493 e. The number of likely N-dealkylation sites (tertiary alicyclic amines) is 1. The molecule has 5 nitrogen and oxygen atoms in total. The molecule has 202 valence electrons. The van der Waals surface area contributed by atoms with E-state index in [2.05, 4.69) is 17.0 Å². The van der Waals surface area contributed by atoms with Gasteiger partial charge in [0.1, 0.15) is 11.7 Å². The molecule has 4 bridgehead atoms. The Hall–Kier alpha value is -1.30. The van der Waals surface area contributed by atoms with Crippen LogP contribution in [-0.2, 0) is 16.6 Å². The third-order valence-electron chi connectivity index (χ3n) is 12.7. The molecule has 5 heteroatoms. The number of aliphatic hydroxyl groups excluding tert-OH is 1. The standard InChI is InChI=1S/C32H45NO4/c1-35-25-11-10-22-17-26-30-12-13-32(36-2,23(18-30)24(34)16-20-6-4-3-5-7-20)29-31(30,27(22)28(25)37-29)14-15-33(26)19-21-8-9-21/h10-11,20-21,23-24,26,29,34H,3-9,12-19H2,1-2H3/t23-,24-,26-,29-,30-,31+,32-/m1/s1. The minimum atomic E-state index is -0.433. The van der Waals surface area contributed by atoms with E-state index in [-0.39, 0.29) is 29.0 Å². The second kappa shape index (κ2) is 8.11. The van der Waals surface area contributed by atoms with Crippen molar-refractivity contribution in [3.63, 3.8) is 0 Å². The monoisotopic (exact) mass is 507 g/mol. The molecule has 0 unspecified atom stereocenters. The molecule has 0 amide bonds. The van der Waals surface area contributed by atoms with Crippen LogP contribution in [0.5, 0.6) is 11.5 Å². The summed E-state index contributed by atoms with van der Waals surface area (Å²) in [6.45, 7) is 2.42. The molecular formula is C32H45NO4. The number of hydrogen-bond acceptors (Lipinski definition) is 5. The van der Waals surface area contributed by atoms with Gasteiger partial charge in [-0.1, -0.05) is 38.2 Å². The molecule has 2 heterocycles. The van der Waals surface area contributed by atoms with Crippen molar-refractivity contribution < 1.29 is 19.3 Å². The van der Waals surface area contributed by atoms with Crippen molar-refractivity contribution in [3.05, 3.63) is 23.3 Å². The van der Waals surface area contributed by atoms with E-state index in [9.17, 15) is 5.11 Å². The summed E-state index contributed by atoms with van der Waals surface area (Å²) in [4.78, 5) is 2.89. The highest BCUT2D eigenvalue weighted by atomic mass is 16.6. The first-order valence-corrected chi connectivity index (χ1v) is 15.4. The summed E-state index contributed by atoms with van der Waals surface area (Å²) in [7, 11) is 3.68. The van der Waals surface area contributed by atoms with E-state index in [0.29, 0.717) is 12.0 Å². The van der Waals surface area contributed by atoms with Crippen LogP contribution in [0.2, 0.25) is 0 Å². The molecule has 7 atom stereocenters. The highest BCUT2D eigenvalue weighted by Crippen LogP contribution is 2.77. The summed E-state index contributed by atoms with van der Waals surface area (Å²) in [6, 6.07) is 5.01. The average molecular weight is 508 g/mol. The lowest BCUT2D eigenvalue weighted by Gasteiger charge is -2.74. The lowest BCUT2D eigenvalue weighted by Crippen LogP contribution is -2.81. The van der Waals surface area contributed by atoms with Crippen LogP contribution in [0.25, 0.3) is 0 Å². The van der Waals surface area contributed by atoms with Crippen molar-refractivity contribution in [1.82, 2.24) is 4.90 Å². The molecule has 5 saturated carbocycles. The highest BCUT2D eigenvalue weighted by molar-refractivity contribution is 5.63. The topological polar surface area (TPSA) is 51.2 Å². The van der Waals surface area contributed by atoms with Gasteiger partial charge in [0.05, 0.1) is 13.2 Å². The minimum absolute atomic E-state index is 0.0233. The predicted octanol–water partition coefficient (Wildman–Crippen LogP) is 5.25. The zero-order valence-electron chi connectivity index (χ0n) is 22.8. The number of ether oxygens (including phenoxy) is 3. The zero-order valence-corrected chi connectivity index (χ0v) is 22.8. The van der Waals surface area contributed by atoms with E-state index in [1.165, 1.54) is 69.0 Å². The molecular weight excluding hydrogens is 462 g/mol. The van der Waals surface area contributed by atoms with Crippen LogP contribution in [-0.4, -0.2) is 61.2 Å². The van der Waals surface area contributed by atoms with Crippen LogP contribution < -0.4 is 9.47 Å². The number of methoxy groups -OCH3 is 2. The number of piperidine rings is 1. The van der Waals surface area contributed by atoms with E-state index in [4.69, 9.17) is 14.2 Å². The van der Waals surface area contributed by atoms with E-state index in [1.54, 1.807) is 7.11 Å². The summed E-state index contributed by atoms with van der Waals surface area (Å²) in [5, 5.41) is 12.0. The summed E-state index contributed by atoms with van der Waals surface area (Å²) >= 11 is 0. The number of benzene rings is 1. The number of nitrogens with zero attached hydrogens (tertiary/aromatic N) is 1. The van der Waals surface area contributed by atoms with Crippen LogP contribution in [0, 0.1) is 23.2 Å². The average Bonchev–Trinajstić information content (AvgIpc) is 3.67. The summed E-state index contributed by atoms with van der Waals surface area (Å²) in [5.74, 6) is 3.56. The molecule has 1 aromatic rings. The van der Waals surface area contributed by atoms with E-state index < -0.39 is 5.60 Å². The van der Waals surface area contributed by atoms with Gasteiger partial charge in [-0.3, -0.25) is 4.90 Å². The van der Waals surface area contributed by atoms with Gasteiger partial charge in [-0.05, 0) is 81.4 Å². The molecule has 2 spiro atoms. The Morgan fingerprint density at radius 3 is 2.65 bits per heavy atom. The van der Waals surface area contributed by atoms with Crippen molar-refractivity contribution in [1.29, 1.82) is 0 Å². The Bertz CT molecular complexity index is 1080. The van der Waals surface area contributed by atoms with Gasteiger partial charge in [0.25, 0.3) is 0 Å². The van der Waals surface area contributed by atoms with E-state index in [1.807, 2.05) is 7.11 Å². The Morgan fingerprint density at radius 2 is 1.89 bits per heavy atom. The maximum Gasteiger partial charge on any atom is 0.165 e. The molecule has 9 rings (SSSR count). The molecule has 0 aromatic heterocycles. The molecule has 8 aliphatic rings. The molecule has 1 saturated heterocycles. The van der Waals surface area contributed by atoms with Gasteiger partial charge in [-0.15, -0.1) is 0 Å². The fourth-order valence-corrected chi connectivity index (χ4v) is 11.0. The molecule has 6 aliphatic carbocycles. The van der Waals surface area contributed by atoms with Gasteiger partial charge < -0.3 is 19.3 Å². The SMILES string of the molecule is COc1ccc2c3c1O[C@H]1[C@@]4(OC)CC[C@@]5(C[C@@H]4[C@H](O)CC4CCCCC4)[C@@H](C2)N(CC2CC2)CC[C@]315. The molecule has 1 N–H and O–H groups in total. The molecule has 6 fully saturated rings. The van der Waals surface area contributed by atoms with Crippen LogP contribution in [0.3, 0.4) is 0 Å². The third-order valence-corrected chi connectivity index (χ3v) is 12.7. The second-order valence-corrected chi connectivity index (χ2v) is 13.9. The van der Waals surface area contributed by atoms with Gasteiger partial charge in [-0.2, -0.15) is 0 Å². The molecule has 37 heavy (non-hydrogen) atoms. The fraction of sp³-hybridized carbons (Fsp3) is 0.812. The van der Waals surface area contributed by atoms with E-state index in [0.717, 1.165) is 56.1 Å². The van der Waals surface area contributed by atoms with Crippen molar-refractivity contribution in [2.45, 2.75) is 113 Å². The lowest BCUT2D eigenvalue weighted by atomic mass is 9.34. The van der Waals surface area contributed by atoms with Crippen molar-refractivity contribution >= 4 is 0 Å². The molecule has 2 aliphatic heterocycles. The maximum absolute atomic E-state index is 12.0. The fourth-order valence-electron chi connectivity index (χ4n) is 11.0. The first-order valence-electron chi connectivity index (χ1n) is 15.4. The van der Waals surface area contributed by atoms with Crippen LogP contribution >= 0.6 is 0 Å². The van der Waals surface area contributed by atoms with Crippen molar-refractivity contribution in [2.24, 2.45) is 23.2 Å². The predicted molar refractivity (Wildman–Crippen MR) is 142 cm³/mol. The highest BCUT2D eigenvalue weighted by Gasteiger charge is 2.81. The van der Waals surface area contributed by atoms with Gasteiger partial charge in [0.15, 0.2) is 11.5 Å². The second-order valence-electron chi connectivity index (χ2n) is 13.9. The lowest BCUT2D eigenvalue weighted by molar-refractivity contribution is -0.291. The van der Waals surface area contributed by atoms with Gasteiger partial charge in [0, 0.05) is 42.0 Å². The van der Waals surface area contributed by atoms with Crippen molar-refractivity contribution in [3.8, 4) is 11.5 Å². The maximum atomic E-state index is 12.0. The summed E-state index contributed by atoms with van der Waals surface area (Å²) in [5.41, 5.74) is 2.63. The molecule has 1 aromatic carbocycles. The Morgan fingerprint density at radius 1 is 1.05 bits per heavy atom. The number of rotatable bonds is 7. The Balaban J connectivity index is 1.26. The number of fused-ring (bicyclic) bond motifs is 2. The number of aliphatic hydroxyl groups is 1. The van der Waals surface area contributed by atoms with E-state index >= 15 is 0 Å². The first-order chi connectivity index (χ1) is 18.1. The van der Waals surface area contributed by atoms with Crippen LogP contribution in [0.15, 0.2) is 12.1 Å². The van der Waals surface area contributed by atoms with Gasteiger partial charge in [0.2, 0.25) is 0 Å². The van der Waals surface area contributed by atoms with Crippen molar-refractivity contribution in [2.75, 3.05) is 27.3 Å². The first kappa shape index (κ1) is 23.6.